The van der Waals surface area contributed by atoms with E-state index in [4.69, 9.17) is 11.0 Å². The Kier molecular flexibility index (Phi) is 3.53. The molecule has 0 unspecified atom stereocenters. The number of hydrogen-bond donors (Lipinski definition) is 1. The third kappa shape index (κ3) is 2.52. The molecule has 0 amide bonds. The van der Waals surface area contributed by atoms with Crippen LogP contribution in [0.4, 0.5) is 0 Å². The van der Waals surface area contributed by atoms with Crippen LogP contribution in [-0.4, -0.2) is 16.1 Å². The van der Waals surface area contributed by atoms with Crippen LogP contribution in [-0.2, 0) is 13.0 Å². The summed E-state index contributed by atoms with van der Waals surface area (Å²) in [5, 5.41) is 8.98. The number of hydrogen-bond acceptors (Lipinski definition) is 3. The van der Waals surface area contributed by atoms with Gasteiger partial charge in [0.2, 0.25) is 0 Å². The first-order valence-corrected chi connectivity index (χ1v) is 5.53. The van der Waals surface area contributed by atoms with Crippen LogP contribution in [0.1, 0.15) is 17.0 Å². The molecule has 86 valence electrons. The molecule has 0 aromatic carbocycles. The molecular formula is C13H14N4. The topological polar surface area (TPSA) is 67.6 Å². The summed E-state index contributed by atoms with van der Waals surface area (Å²) in [6, 6.07) is 9.93. The van der Waals surface area contributed by atoms with Crippen LogP contribution < -0.4 is 5.73 Å². The highest BCUT2D eigenvalue weighted by Gasteiger charge is 2.05. The zero-order valence-electron chi connectivity index (χ0n) is 9.50. The molecule has 2 rings (SSSR count). The molecule has 2 aromatic rings. The Morgan fingerprint density at radius 2 is 2.24 bits per heavy atom. The van der Waals surface area contributed by atoms with Crippen molar-refractivity contribution >= 4 is 0 Å². The van der Waals surface area contributed by atoms with Crippen LogP contribution in [0, 0.1) is 11.3 Å². The van der Waals surface area contributed by atoms with Crippen molar-refractivity contribution in [3.05, 3.63) is 53.6 Å². The number of pyridine rings is 1. The number of aromatic nitrogens is 2. The highest BCUT2D eigenvalue weighted by molar-refractivity contribution is 5.31. The van der Waals surface area contributed by atoms with Gasteiger partial charge in [-0.2, -0.15) is 5.26 Å². The van der Waals surface area contributed by atoms with Crippen LogP contribution in [0.5, 0.6) is 0 Å². The number of nitrogens with zero attached hydrogens (tertiary/aromatic N) is 3. The summed E-state index contributed by atoms with van der Waals surface area (Å²) in [5.41, 5.74) is 8.16. The maximum absolute atomic E-state index is 8.98. The second-order valence-corrected chi connectivity index (χ2v) is 3.79. The van der Waals surface area contributed by atoms with Gasteiger partial charge in [-0.15, -0.1) is 0 Å². The summed E-state index contributed by atoms with van der Waals surface area (Å²) in [4.78, 5) is 4.05. The van der Waals surface area contributed by atoms with Crippen LogP contribution in [0.3, 0.4) is 0 Å². The molecule has 4 heteroatoms. The molecule has 2 N–H and O–H groups in total. The molecule has 0 radical (unpaired) electrons. The summed E-state index contributed by atoms with van der Waals surface area (Å²) in [5.74, 6) is 0. The number of nitriles is 1. The van der Waals surface area contributed by atoms with Crippen LogP contribution in [0.2, 0.25) is 0 Å². The van der Waals surface area contributed by atoms with E-state index in [2.05, 4.69) is 21.7 Å². The minimum absolute atomic E-state index is 0.486. The minimum atomic E-state index is 0.486. The van der Waals surface area contributed by atoms with Gasteiger partial charge in [-0.3, -0.25) is 0 Å². The maximum atomic E-state index is 8.98. The molecular weight excluding hydrogens is 212 g/mol. The van der Waals surface area contributed by atoms with Crippen molar-refractivity contribution in [1.29, 1.82) is 5.26 Å². The van der Waals surface area contributed by atoms with E-state index in [-0.39, 0.29) is 0 Å². The molecule has 0 aliphatic rings. The zero-order valence-corrected chi connectivity index (χ0v) is 9.50. The zero-order chi connectivity index (χ0) is 12.1. The molecule has 0 bridgehead atoms. The third-order valence-corrected chi connectivity index (χ3v) is 2.66. The monoisotopic (exact) mass is 226 g/mol. The molecule has 0 saturated carbocycles. The molecule has 0 spiro atoms. The molecule has 4 nitrogen and oxygen atoms in total. The summed E-state index contributed by atoms with van der Waals surface area (Å²) in [7, 11) is 0. The Labute approximate surface area is 100 Å². The van der Waals surface area contributed by atoms with E-state index in [9.17, 15) is 0 Å². The third-order valence-electron chi connectivity index (χ3n) is 2.66. The fourth-order valence-corrected chi connectivity index (χ4v) is 1.83. The van der Waals surface area contributed by atoms with E-state index in [1.165, 1.54) is 5.69 Å². The van der Waals surface area contributed by atoms with Crippen molar-refractivity contribution in [3.8, 4) is 6.07 Å². The fourth-order valence-electron chi connectivity index (χ4n) is 1.83. The number of nitrogens with two attached hydrogens (primary N) is 1. The Morgan fingerprint density at radius 1 is 1.35 bits per heavy atom. The lowest BCUT2D eigenvalue weighted by Gasteiger charge is -2.09. The van der Waals surface area contributed by atoms with Crippen LogP contribution >= 0.6 is 0 Å². The average Bonchev–Trinajstić information content (AvgIpc) is 2.78. The summed E-state index contributed by atoms with van der Waals surface area (Å²) in [6.07, 6.45) is 4.48. The van der Waals surface area contributed by atoms with Crippen LogP contribution in [0.25, 0.3) is 0 Å². The van der Waals surface area contributed by atoms with Gasteiger partial charge >= 0.3 is 0 Å². The van der Waals surface area contributed by atoms with Crippen molar-refractivity contribution in [1.82, 2.24) is 9.55 Å². The van der Waals surface area contributed by atoms with E-state index in [0.29, 0.717) is 18.8 Å². The first-order valence-electron chi connectivity index (χ1n) is 5.53. The average molecular weight is 226 g/mol. The number of rotatable bonds is 4. The normalized spacial score (nSPS) is 10.1. The van der Waals surface area contributed by atoms with Gasteiger partial charge in [0.15, 0.2) is 0 Å². The van der Waals surface area contributed by atoms with E-state index < -0.39 is 0 Å². The van der Waals surface area contributed by atoms with Gasteiger partial charge in [0.05, 0.1) is 6.54 Å². The lowest BCUT2D eigenvalue weighted by molar-refractivity contribution is 0.732. The SMILES string of the molecule is N#Cc1ncccc1Cn1cccc1CCN. The first-order chi connectivity index (χ1) is 8.35. The molecule has 0 fully saturated rings. The standard InChI is InChI=1S/C13H14N4/c14-6-5-12-4-2-8-17(12)10-11-3-1-7-16-13(11)9-15/h1-4,7-8H,5-6,10,14H2. The van der Waals surface area contributed by atoms with Crippen molar-refractivity contribution in [2.45, 2.75) is 13.0 Å². The second-order valence-electron chi connectivity index (χ2n) is 3.79. The van der Waals surface area contributed by atoms with Gasteiger partial charge in [-0.1, -0.05) is 6.07 Å². The van der Waals surface area contributed by atoms with Gasteiger partial charge in [0, 0.05) is 23.7 Å². The largest absolute Gasteiger partial charge is 0.347 e. The predicted molar refractivity (Wildman–Crippen MR) is 65.2 cm³/mol. The van der Waals surface area contributed by atoms with E-state index in [0.717, 1.165) is 12.0 Å². The van der Waals surface area contributed by atoms with E-state index in [1.807, 2.05) is 24.4 Å². The van der Waals surface area contributed by atoms with Crippen molar-refractivity contribution in [3.63, 3.8) is 0 Å². The molecule has 0 saturated heterocycles. The van der Waals surface area contributed by atoms with Gasteiger partial charge in [-0.05, 0) is 31.2 Å². The Balaban J connectivity index is 2.26. The molecule has 17 heavy (non-hydrogen) atoms. The Hall–Kier alpha value is -2.12. The lowest BCUT2D eigenvalue weighted by Crippen LogP contribution is -2.10. The molecule has 2 heterocycles. The summed E-state index contributed by atoms with van der Waals surface area (Å²) in [6.45, 7) is 1.29. The van der Waals surface area contributed by atoms with Gasteiger partial charge < -0.3 is 10.3 Å². The smallest absolute Gasteiger partial charge is 0.145 e. The predicted octanol–water partition coefficient (Wildman–Crippen LogP) is 1.30. The molecule has 0 atom stereocenters. The Bertz CT molecular complexity index is 536. The molecule has 0 aliphatic heterocycles. The first kappa shape index (κ1) is 11.4. The van der Waals surface area contributed by atoms with Crippen LogP contribution in [0.15, 0.2) is 36.7 Å². The van der Waals surface area contributed by atoms with Crippen molar-refractivity contribution in [2.24, 2.45) is 5.73 Å². The molecule has 2 aromatic heterocycles. The second kappa shape index (κ2) is 5.28. The summed E-state index contributed by atoms with van der Waals surface area (Å²) < 4.78 is 2.10. The van der Waals surface area contributed by atoms with Crippen molar-refractivity contribution in [2.75, 3.05) is 6.54 Å². The summed E-state index contributed by atoms with van der Waals surface area (Å²) >= 11 is 0. The minimum Gasteiger partial charge on any atom is -0.347 e. The highest BCUT2D eigenvalue weighted by Crippen LogP contribution is 2.10. The molecule has 0 aliphatic carbocycles. The fraction of sp³-hybridized carbons (Fsp3) is 0.231. The van der Waals surface area contributed by atoms with Gasteiger partial charge in [-0.25, -0.2) is 4.98 Å². The lowest BCUT2D eigenvalue weighted by atomic mass is 10.2. The highest BCUT2D eigenvalue weighted by atomic mass is 15.0. The van der Waals surface area contributed by atoms with Crippen molar-refractivity contribution < 1.29 is 0 Å². The Morgan fingerprint density at radius 3 is 3.00 bits per heavy atom. The maximum Gasteiger partial charge on any atom is 0.145 e. The van der Waals surface area contributed by atoms with E-state index >= 15 is 0 Å². The quantitative estimate of drug-likeness (QED) is 0.854. The van der Waals surface area contributed by atoms with Gasteiger partial charge in [0.25, 0.3) is 0 Å². The van der Waals surface area contributed by atoms with Gasteiger partial charge in [0.1, 0.15) is 11.8 Å². The van der Waals surface area contributed by atoms with E-state index in [1.54, 1.807) is 6.20 Å².